The third kappa shape index (κ3) is 2.65. The van der Waals surface area contributed by atoms with Crippen molar-refractivity contribution in [1.29, 1.82) is 0 Å². The van der Waals surface area contributed by atoms with Crippen molar-refractivity contribution in [2.24, 2.45) is 16.6 Å². The number of carbonyl (C=O) groups excluding carboxylic acids is 1. The Balaban J connectivity index is 1.65. The van der Waals surface area contributed by atoms with Crippen molar-refractivity contribution in [3.05, 3.63) is 22.7 Å². The van der Waals surface area contributed by atoms with Crippen LogP contribution in [0.1, 0.15) is 12.8 Å². The average molecular weight is 325 g/mol. The van der Waals surface area contributed by atoms with Crippen LogP contribution in [0.2, 0.25) is 0 Å². The smallest absolute Gasteiger partial charge is 0.271 e. The molecule has 6 nitrogen and oxygen atoms in total. The largest absolute Gasteiger partial charge is 0.447 e. The highest BCUT2D eigenvalue weighted by molar-refractivity contribution is 9.10. The fourth-order valence-corrected chi connectivity index (χ4v) is 2.27. The van der Waals surface area contributed by atoms with Crippen molar-refractivity contribution in [3.63, 3.8) is 0 Å². The maximum Gasteiger partial charge on any atom is 0.271 e. The fourth-order valence-electron chi connectivity index (χ4n) is 1.81. The number of hydrogen-bond acceptors (Lipinski definition) is 4. The number of nitrogens with two attached hydrogens (primary N) is 1. The maximum absolute atomic E-state index is 11.5. The first kappa shape index (κ1) is 12.3. The van der Waals surface area contributed by atoms with Gasteiger partial charge in [-0.15, -0.1) is 0 Å². The van der Waals surface area contributed by atoms with Gasteiger partial charge in [-0.3, -0.25) is 10.1 Å². The molecule has 4 N–H and O–H groups in total. The van der Waals surface area contributed by atoms with Gasteiger partial charge in [0.15, 0.2) is 11.7 Å². The van der Waals surface area contributed by atoms with Gasteiger partial charge in [0.25, 0.3) is 6.35 Å². The summed E-state index contributed by atoms with van der Waals surface area (Å²) in [7, 11) is 0. The SMILES string of the molecule is N/C(=N\[C@H]1Nc2cccc(Br)c2O1)NC(=O)C1CC1. The average Bonchev–Trinajstić information content (AvgIpc) is 3.11. The van der Waals surface area contributed by atoms with E-state index in [4.69, 9.17) is 10.5 Å². The summed E-state index contributed by atoms with van der Waals surface area (Å²) in [5, 5.41) is 5.62. The van der Waals surface area contributed by atoms with Crippen molar-refractivity contribution in [2.75, 3.05) is 5.32 Å². The lowest BCUT2D eigenvalue weighted by Crippen LogP contribution is -2.39. The summed E-state index contributed by atoms with van der Waals surface area (Å²) < 4.78 is 6.43. The van der Waals surface area contributed by atoms with E-state index in [9.17, 15) is 4.79 Å². The lowest BCUT2D eigenvalue weighted by atomic mass is 10.3. The minimum absolute atomic E-state index is 0.0679. The molecule has 1 aliphatic carbocycles. The third-order valence-electron chi connectivity index (χ3n) is 2.93. The van der Waals surface area contributed by atoms with Crippen molar-refractivity contribution >= 4 is 33.5 Å². The van der Waals surface area contributed by atoms with Crippen LogP contribution in [-0.2, 0) is 4.79 Å². The molecule has 0 radical (unpaired) electrons. The van der Waals surface area contributed by atoms with Crippen LogP contribution in [0.4, 0.5) is 5.69 Å². The zero-order valence-corrected chi connectivity index (χ0v) is 11.6. The van der Waals surface area contributed by atoms with Crippen LogP contribution in [-0.4, -0.2) is 18.2 Å². The number of para-hydroxylation sites is 1. The summed E-state index contributed by atoms with van der Waals surface area (Å²) in [5.74, 6) is 0.784. The van der Waals surface area contributed by atoms with Gasteiger partial charge in [-0.05, 0) is 40.9 Å². The number of nitrogens with zero attached hydrogens (tertiary/aromatic N) is 1. The first-order valence-corrected chi connectivity index (χ1v) is 6.78. The van der Waals surface area contributed by atoms with E-state index in [1.165, 1.54) is 0 Å². The molecule has 1 atom stereocenters. The molecule has 0 saturated heterocycles. The van der Waals surface area contributed by atoms with Crippen LogP contribution in [0.3, 0.4) is 0 Å². The van der Waals surface area contributed by atoms with Gasteiger partial charge in [0.2, 0.25) is 5.91 Å². The summed E-state index contributed by atoms with van der Waals surface area (Å²) >= 11 is 3.39. The normalized spacial score (nSPS) is 21.3. The molecule has 0 unspecified atom stereocenters. The standard InChI is InChI=1S/C12H13BrN4O2/c13-7-2-1-3-8-9(7)19-12(15-8)17-11(14)16-10(18)6-4-5-6/h1-3,6,12,15H,4-5H2,(H3,14,16,17,18)/t12-/m1/s1. The van der Waals surface area contributed by atoms with E-state index in [1.54, 1.807) is 0 Å². The highest BCUT2D eigenvalue weighted by Crippen LogP contribution is 2.38. The molecule has 19 heavy (non-hydrogen) atoms. The molecule has 1 amide bonds. The Labute approximate surface area is 118 Å². The number of nitrogens with one attached hydrogen (secondary N) is 2. The van der Waals surface area contributed by atoms with Gasteiger partial charge in [0, 0.05) is 5.92 Å². The van der Waals surface area contributed by atoms with Crippen molar-refractivity contribution < 1.29 is 9.53 Å². The molecule has 1 aliphatic heterocycles. The van der Waals surface area contributed by atoms with Crippen LogP contribution >= 0.6 is 15.9 Å². The highest BCUT2D eigenvalue weighted by Gasteiger charge is 2.30. The minimum atomic E-state index is -0.617. The molecule has 1 heterocycles. The van der Waals surface area contributed by atoms with Gasteiger partial charge in [-0.1, -0.05) is 6.07 Å². The maximum atomic E-state index is 11.5. The number of amides is 1. The van der Waals surface area contributed by atoms with Crippen LogP contribution in [0.15, 0.2) is 27.7 Å². The summed E-state index contributed by atoms with van der Waals surface area (Å²) in [6.45, 7) is 0. The number of carbonyl (C=O) groups is 1. The second kappa shape index (κ2) is 4.73. The number of halogens is 1. The number of guanidine groups is 1. The summed E-state index contributed by atoms with van der Waals surface area (Å²) in [4.78, 5) is 15.6. The molecule has 2 aliphatic rings. The molecule has 7 heteroatoms. The molecule has 0 bridgehead atoms. The monoisotopic (exact) mass is 324 g/mol. The predicted octanol–water partition coefficient (Wildman–Crippen LogP) is 1.38. The zero-order chi connectivity index (χ0) is 13.4. The lowest BCUT2D eigenvalue weighted by Gasteiger charge is -2.08. The van der Waals surface area contributed by atoms with E-state index in [1.807, 2.05) is 18.2 Å². The van der Waals surface area contributed by atoms with E-state index >= 15 is 0 Å². The van der Waals surface area contributed by atoms with Crippen molar-refractivity contribution in [1.82, 2.24) is 5.32 Å². The molecule has 100 valence electrons. The second-order valence-electron chi connectivity index (χ2n) is 4.51. The Hall–Kier alpha value is -1.76. The van der Waals surface area contributed by atoms with E-state index in [0.29, 0.717) is 5.75 Å². The number of anilines is 1. The molecular weight excluding hydrogens is 312 g/mol. The van der Waals surface area contributed by atoms with E-state index in [2.05, 4.69) is 31.6 Å². The molecule has 0 aromatic heterocycles. The Morgan fingerprint density at radius 2 is 2.32 bits per heavy atom. The number of benzene rings is 1. The minimum Gasteiger partial charge on any atom is -0.447 e. The number of fused-ring (bicyclic) bond motifs is 1. The first-order valence-electron chi connectivity index (χ1n) is 5.99. The Kier molecular flexibility index (Phi) is 3.06. The Morgan fingerprint density at radius 3 is 3.00 bits per heavy atom. The number of hydrogen-bond donors (Lipinski definition) is 3. The zero-order valence-electron chi connectivity index (χ0n) is 10.0. The molecule has 1 fully saturated rings. The van der Waals surface area contributed by atoms with Crippen LogP contribution < -0.4 is 21.1 Å². The van der Waals surface area contributed by atoms with Crippen molar-refractivity contribution in [2.45, 2.75) is 19.2 Å². The topological polar surface area (TPSA) is 88.7 Å². The van der Waals surface area contributed by atoms with Crippen LogP contribution in [0.25, 0.3) is 0 Å². The van der Waals surface area contributed by atoms with Gasteiger partial charge < -0.3 is 15.8 Å². The predicted molar refractivity (Wildman–Crippen MR) is 74.7 cm³/mol. The Morgan fingerprint density at radius 1 is 1.53 bits per heavy atom. The van der Waals surface area contributed by atoms with Gasteiger partial charge in [0.1, 0.15) is 0 Å². The van der Waals surface area contributed by atoms with Gasteiger partial charge in [-0.2, -0.15) is 4.99 Å². The molecule has 1 aromatic rings. The molecule has 0 spiro atoms. The molecule has 1 saturated carbocycles. The second-order valence-corrected chi connectivity index (χ2v) is 5.36. The molecule has 3 rings (SSSR count). The molecule has 1 aromatic carbocycles. The van der Waals surface area contributed by atoms with E-state index in [0.717, 1.165) is 23.0 Å². The lowest BCUT2D eigenvalue weighted by molar-refractivity contribution is -0.120. The number of rotatable bonds is 2. The summed E-state index contributed by atoms with van der Waals surface area (Å²) in [5.41, 5.74) is 6.52. The first-order chi connectivity index (χ1) is 9.13. The number of aliphatic imine (C=N–C) groups is 1. The Bertz CT molecular complexity index is 557. The van der Waals surface area contributed by atoms with Gasteiger partial charge in [-0.25, -0.2) is 0 Å². The fraction of sp³-hybridized carbons (Fsp3) is 0.333. The van der Waals surface area contributed by atoms with Gasteiger partial charge >= 0.3 is 0 Å². The van der Waals surface area contributed by atoms with E-state index in [-0.39, 0.29) is 17.8 Å². The van der Waals surface area contributed by atoms with Crippen LogP contribution in [0, 0.1) is 5.92 Å². The van der Waals surface area contributed by atoms with Crippen LogP contribution in [0.5, 0.6) is 5.75 Å². The summed E-state index contributed by atoms with van der Waals surface area (Å²) in [6.07, 6.45) is 1.24. The molecular formula is C12H13BrN4O2. The van der Waals surface area contributed by atoms with Crippen molar-refractivity contribution in [3.8, 4) is 5.75 Å². The van der Waals surface area contributed by atoms with Gasteiger partial charge in [0.05, 0.1) is 10.2 Å². The third-order valence-corrected chi connectivity index (χ3v) is 3.56. The van der Waals surface area contributed by atoms with E-state index < -0.39 is 6.35 Å². The summed E-state index contributed by atoms with van der Waals surface area (Å²) in [6, 6.07) is 5.66. The quantitative estimate of drug-likeness (QED) is 0.566. The number of ether oxygens (including phenoxy) is 1. The highest BCUT2D eigenvalue weighted by atomic mass is 79.9.